The van der Waals surface area contributed by atoms with E-state index < -0.39 is 0 Å². The lowest BCUT2D eigenvalue weighted by molar-refractivity contribution is 0.112. The fourth-order valence-electron chi connectivity index (χ4n) is 1.64. The summed E-state index contributed by atoms with van der Waals surface area (Å²) in [4.78, 5) is 10.5. The first kappa shape index (κ1) is 11.8. The summed E-state index contributed by atoms with van der Waals surface area (Å²) < 4.78 is 0. The van der Waals surface area contributed by atoms with Crippen LogP contribution in [0.5, 0.6) is 0 Å². The van der Waals surface area contributed by atoms with Gasteiger partial charge in [0.1, 0.15) is 6.29 Å². The maximum atomic E-state index is 10.5. The van der Waals surface area contributed by atoms with Gasteiger partial charge in [0, 0.05) is 10.6 Å². The van der Waals surface area contributed by atoms with Crippen LogP contribution in [0.2, 0.25) is 5.02 Å². The minimum absolute atomic E-state index is 0.201. The summed E-state index contributed by atoms with van der Waals surface area (Å²) in [5, 5.41) is 0.692. The molecule has 2 rings (SSSR count). The zero-order valence-electron chi connectivity index (χ0n) is 9.14. The second-order valence-electron chi connectivity index (χ2n) is 3.81. The third kappa shape index (κ3) is 2.73. The minimum Gasteiger partial charge on any atom is -0.320 e. The van der Waals surface area contributed by atoms with Crippen molar-refractivity contribution in [3.8, 4) is 0 Å². The van der Waals surface area contributed by atoms with Crippen LogP contribution in [-0.4, -0.2) is 6.29 Å². The second-order valence-corrected chi connectivity index (χ2v) is 4.25. The number of hydrogen-bond acceptors (Lipinski definition) is 2. The predicted octanol–water partition coefficient (Wildman–Crippen LogP) is 3.20. The third-order valence-electron chi connectivity index (χ3n) is 2.66. The van der Waals surface area contributed by atoms with Gasteiger partial charge in [0.2, 0.25) is 0 Å². The second kappa shape index (κ2) is 5.13. The van der Waals surface area contributed by atoms with E-state index in [1.807, 2.05) is 36.4 Å². The molecular weight excluding hydrogens is 234 g/mol. The Bertz CT molecular complexity index is 505. The lowest BCUT2D eigenvalue weighted by atomic mass is 9.99. The van der Waals surface area contributed by atoms with E-state index in [0.29, 0.717) is 10.6 Å². The fourth-order valence-corrected chi connectivity index (χ4v) is 1.77. The van der Waals surface area contributed by atoms with Gasteiger partial charge in [-0.1, -0.05) is 48.0 Å². The summed E-state index contributed by atoms with van der Waals surface area (Å²) in [6.07, 6.45) is 0.817. The Labute approximate surface area is 105 Å². The van der Waals surface area contributed by atoms with Gasteiger partial charge in [-0.15, -0.1) is 0 Å². The number of carbonyl (C=O) groups is 1. The zero-order valence-corrected chi connectivity index (χ0v) is 9.89. The first-order valence-corrected chi connectivity index (χ1v) is 5.64. The molecule has 0 aliphatic carbocycles. The zero-order chi connectivity index (χ0) is 12.3. The highest BCUT2D eigenvalue weighted by molar-refractivity contribution is 6.30. The first-order chi connectivity index (χ1) is 8.20. The Balaban J connectivity index is 2.26. The first-order valence-electron chi connectivity index (χ1n) is 5.27. The van der Waals surface area contributed by atoms with Gasteiger partial charge >= 0.3 is 0 Å². The Kier molecular flexibility index (Phi) is 3.57. The highest BCUT2D eigenvalue weighted by Gasteiger charge is 2.08. The monoisotopic (exact) mass is 245 g/mol. The molecule has 0 radical (unpaired) electrons. The molecule has 0 aromatic heterocycles. The Morgan fingerprint density at radius 2 is 1.41 bits per heavy atom. The van der Waals surface area contributed by atoms with Crippen molar-refractivity contribution in [1.29, 1.82) is 0 Å². The number of aldehydes is 1. The highest BCUT2D eigenvalue weighted by Crippen LogP contribution is 2.21. The molecule has 0 fully saturated rings. The topological polar surface area (TPSA) is 43.1 Å². The standard InChI is InChI=1S/C14H12ClNO/c15-13-7-5-12(6-8-13)14(16)11-3-1-10(9-17)2-4-11/h1-9,14H,16H2/t14-/m1/s1. The minimum atomic E-state index is -0.201. The molecule has 2 aromatic carbocycles. The van der Waals surface area contributed by atoms with Crippen LogP contribution in [0.4, 0.5) is 0 Å². The van der Waals surface area contributed by atoms with Gasteiger partial charge in [-0.2, -0.15) is 0 Å². The number of halogens is 1. The molecule has 1 atom stereocenters. The lowest BCUT2D eigenvalue weighted by Gasteiger charge is -2.12. The molecule has 0 saturated heterocycles. The van der Waals surface area contributed by atoms with Gasteiger partial charge in [-0.25, -0.2) is 0 Å². The van der Waals surface area contributed by atoms with Crippen LogP contribution in [0.3, 0.4) is 0 Å². The van der Waals surface area contributed by atoms with Crippen LogP contribution in [0.15, 0.2) is 48.5 Å². The molecule has 0 heterocycles. The van der Waals surface area contributed by atoms with Gasteiger partial charge in [0.15, 0.2) is 0 Å². The van der Waals surface area contributed by atoms with Crippen molar-refractivity contribution >= 4 is 17.9 Å². The normalized spacial score (nSPS) is 12.1. The van der Waals surface area contributed by atoms with Crippen LogP contribution in [0.25, 0.3) is 0 Å². The Morgan fingerprint density at radius 1 is 0.941 bits per heavy atom. The number of carbonyl (C=O) groups excluding carboxylic acids is 1. The number of rotatable bonds is 3. The molecule has 0 amide bonds. The lowest BCUT2D eigenvalue weighted by Crippen LogP contribution is -2.11. The number of hydrogen-bond donors (Lipinski definition) is 1. The molecule has 17 heavy (non-hydrogen) atoms. The van der Waals surface area contributed by atoms with E-state index in [-0.39, 0.29) is 6.04 Å². The molecule has 2 aromatic rings. The largest absolute Gasteiger partial charge is 0.320 e. The van der Waals surface area contributed by atoms with E-state index in [9.17, 15) is 4.79 Å². The van der Waals surface area contributed by atoms with Crippen molar-refractivity contribution in [2.75, 3.05) is 0 Å². The predicted molar refractivity (Wildman–Crippen MR) is 69.3 cm³/mol. The number of benzene rings is 2. The van der Waals surface area contributed by atoms with Crippen LogP contribution in [0.1, 0.15) is 27.5 Å². The van der Waals surface area contributed by atoms with Gasteiger partial charge in [-0.3, -0.25) is 4.79 Å². The molecule has 0 bridgehead atoms. The molecule has 0 spiro atoms. The molecule has 2 nitrogen and oxygen atoms in total. The van der Waals surface area contributed by atoms with E-state index >= 15 is 0 Å². The molecule has 86 valence electrons. The SMILES string of the molecule is N[C@@H](c1ccc(Cl)cc1)c1ccc(C=O)cc1. The van der Waals surface area contributed by atoms with Crippen molar-refractivity contribution < 1.29 is 4.79 Å². The Hall–Kier alpha value is -1.64. The highest BCUT2D eigenvalue weighted by atomic mass is 35.5. The summed E-state index contributed by atoms with van der Waals surface area (Å²) in [7, 11) is 0. The van der Waals surface area contributed by atoms with Crippen LogP contribution < -0.4 is 5.73 Å². The van der Waals surface area contributed by atoms with Crippen molar-refractivity contribution in [2.45, 2.75) is 6.04 Å². The summed E-state index contributed by atoms with van der Waals surface area (Å²) >= 11 is 5.82. The molecule has 0 saturated carbocycles. The Morgan fingerprint density at radius 3 is 1.88 bits per heavy atom. The molecule has 2 N–H and O–H groups in total. The molecule has 0 aliphatic rings. The van der Waals surface area contributed by atoms with Gasteiger partial charge in [0.05, 0.1) is 6.04 Å². The fraction of sp³-hybridized carbons (Fsp3) is 0.0714. The molecular formula is C14H12ClNO. The van der Waals surface area contributed by atoms with Gasteiger partial charge in [0.25, 0.3) is 0 Å². The van der Waals surface area contributed by atoms with E-state index in [4.69, 9.17) is 17.3 Å². The number of nitrogens with two attached hydrogens (primary N) is 1. The summed E-state index contributed by atoms with van der Waals surface area (Å²) in [5.74, 6) is 0. The molecule has 0 unspecified atom stereocenters. The summed E-state index contributed by atoms with van der Waals surface area (Å²) in [6, 6.07) is 14.5. The van der Waals surface area contributed by atoms with Crippen LogP contribution in [0, 0.1) is 0 Å². The maximum Gasteiger partial charge on any atom is 0.150 e. The van der Waals surface area contributed by atoms with E-state index in [2.05, 4.69) is 0 Å². The maximum absolute atomic E-state index is 10.5. The van der Waals surface area contributed by atoms with E-state index in [1.165, 1.54) is 0 Å². The van der Waals surface area contributed by atoms with Crippen LogP contribution in [-0.2, 0) is 0 Å². The summed E-state index contributed by atoms with van der Waals surface area (Å²) in [5.41, 5.74) is 8.74. The van der Waals surface area contributed by atoms with Gasteiger partial charge < -0.3 is 5.73 Å². The van der Waals surface area contributed by atoms with Crippen molar-refractivity contribution in [1.82, 2.24) is 0 Å². The average Bonchev–Trinajstić information content (AvgIpc) is 2.39. The van der Waals surface area contributed by atoms with Crippen molar-refractivity contribution in [3.63, 3.8) is 0 Å². The van der Waals surface area contributed by atoms with Gasteiger partial charge in [-0.05, 0) is 23.3 Å². The van der Waals surface area contributed by atoms with E-state index in [1.54, 1.807) is 12.1 Å². The third-order valence-corrected chi connectivity index (χ3v) is 2.91. The summed E-state index contributed by atoms with van der Waals surface area (Å²) in [6.45, 7) is 0. The smallest absolute Gasteiger partial charge is 0.150 e. The average molecular weight is 246 g/mol. The molecule has 0 aliphatic heterocycles. The van der Waals surface area contributed by atoms with Crippen LogP contribution >= 0.6 is 11.6 Å². The van der Waals surface area contributed by atoms with Crippen molar-refractivity contribution in [2.24, 2.45) is 5.73 Å². The van der Waals surface area contributed by atoms with Crippen molar-refractivity contribution in [3.05, 3.63) is 70.2 Å². The molecule has 3 heteroatoms. The quantitative estimate of drug-likeness (QED) is 0.844. The van der Waals surface area contributed by atoms with E-state index in [0.717, 1.165) is 17.4 Å².